The van der Waals surface area contributed by atoms with Crippen molar-refractivity contribution in [1.29, 1.82) is 0 Å². The Morgan fingerprint density at radius 2 is 1.96 bits per heavy atom. The number of nitrogens with zero attached hydrogens (tertiary/aromatic N) is 2. The maximum Gasteiger partial charge on any atom is 0.253 e. The fourth-order valence-corrected chi connectivity index (χ4v) is 3.29. The number of aromatic amines is 1. The smallest absolute Gasteiger partial charge is 0.253 e. The van der Waals surface area contributed by atoms with Crippen molar-refractivity contribution in [1.82, 2.24) is 25.6 Å². The molecule has 0 saturated carbocycles. The highest BCUT2D eigenvalue weighted by Gasteiger charge is 2.17. The van der Waals surface area contributed by atoms with Crippen LogP contribution in [0.2, 0.25) is 0 Å². The molecule has 0 spiro atoms. The van der Waals surface area contributed by atoms with Crippen LogP contribution < -0.4 is 10.6 Å². The molecule has 1 saturated heterocycles. The first-order valence-corrected chi connectivity index (χ1v) is 8.69. The van der Waals surface area contributed by atoms with Gasteiger partial charge in [0.25, 0.3) is 5.91 Å². The second-order valence-electron chi connectivity index (χ2n) is 6.43. The molecular weight excluding hydrogens is 314 g/mol. The first kappa shape index (κ1) is 15.8. The third-order valence-corrected chi connectivity index (χ3v) is 4.77. The van der Waals surface area contributed by atoms with Crippen LogP contribution in [0.15, 0.2) is 42.9 Å². The van der Waals surface area contributed by atoms with Gasteiger partial charge in [-0.2, -0.15) is 0 Å². The predicted molar refractivity (Wildman–Crippen MR) is 97.3 cm³/mol. The number of hydrogen-bond acceptors (Lipinski definition) is 4. The predicted octanol–water partition coefficient (Wildman–Crippen LogP) is 2.35. The Balaban J connectivity index is 1.51. The summed E-state index contributed by atoms with van der Waals surface area (Å²) < 4.78 is 0. The van der Waals surface area contributed by atoms with Gasteiger partial charge in [0.2, 0.25) is 0 Å². The van der Waals surface area contributed by atoms with E-state index in [2.05, 4.69) is 25.6 Å². The molecule has 0 aliphatic carbocycles. The van der Waals surface area contributed by atoms with Crippen molar-refractivity contribution in [2.45, 2.75) is 12.8 Å². The molecule has 0 bridgehead atoms. The van der Waals surface area contributed by atoms with Gasteiger partial charge >= 0.3 is 0 Å². The number of hydrogen-bond donors (Lipinski definition) is 3. The van der Waals surface area contributed by atoms with Gasteiger partial charge in [0.1, 0.15) is 5.65 Å². The Bertz CT molecular complexity index is 868. The third kappa shape index (κ3) is 3.39. The van der Waals surface area contributed by atoms with Crippen LogP contribution in [0.4, 0.5) is 0 Å². The van der Waals surface area contributed by atoms with E-state index in [-0.39, 0.29) is 5.91 Å². The molecular formula is C19H21N5O. The van der Waals surface area contributed by atoms with Gasteiger partial charge in [-0.25, -0.2) is 4.98 Å². The van der Waals surface area contributed by atoms with Crippen molar-refractivity contribution < 1.29 is 4.79 Å². The topological polar surface area (TPSA) is 82.7 Å². The number of carbonyl (C=O) groups is 1. The molecule has 0 atom stereocenters. The fraction of sp³-hybridized carbons (Fsp3) is 0.316. The molecule has 0 radical (unpaired) electrons. The van der Waals surface area contributed by atoms with Crippen LogP contribution in [0.25, 0.3) is 22.3 Å². The Kier molecular flexibility index (Phi) is 4.43. The number of piperidine rings is 1. The zero-order valence-corrected chi connectivity index (χ0v) is 14.0. The first-order chi connectivity index (χ1) is 12.3. The van der Waals surface area contributed by atoms with Gasteiger partial charge in [-0.05, 0) is 56.1 Å². The van der Waals surface area contributed by atoms with Crippen LogP contribution in [0.3, 0.4) is 0 Å². The van der Waals surface area contributed by atoms with Crippen molar-refractivity contribution in [3.63, 3.8) is 0 Å². The molecule has 6 heteroatoms. The average molecular weight is 335 g/mol. The molecule has 1 aliphatic rings. The second-order valence-corrected chi connectivity index (χ2v) is 6.43. The Morgan fingerprint density at radius 3 is 2.76 bits per heavy atom. The molecule has 4 heterocycles. The summed E-state index contributed by atoms with van der Waals surface area (Å²) >= 11 is 0. The van der Waals surface area contributed by atoms with Gasteiger partial charge in [-0.3, -0.25) is 9.78 Å². The summed E-state index contributed by atoms with van der Waals surface area (Å²) in [6.45, 7) is 2.81. The number of amides is 1. The molecule has 1 fully saturated rings. The molecule has 6 nitrogen and oxygen atoms in total. The number of H-pyrrole nitrogens is 1. The molecule has 3 aromatic rings. The van der Waals surface area contributed by atoms with Crippen molar-refractivity contribution in [2.75, 3.05) is 19.6 Å². The number of aromatic nitrogens is 3. The highest BCUT2D eigenvalue weighted by molar-refractivity contribution is 6.06. The van der Waals surface area contributed by atoms with E-state index in [1.54, 1.807) is 18.6 Å². The van der Waals surface area contributed by atoms with Gasteiger partial charge in [-0.1, -0.05) is 0 Å². The van der Waals surface area contributed by atoms with Crippen LogP contribution in [0.5, 0.6) is 0 Å². The summed E-state index contributed by atoms with van der Waals surface area (Å²) in [6.07, 6.45) is 7.47. The van der Waals surface area contributed by atoms with Gasteiger partial charge < -0.3 is 15.6 Å². The molecule has 1 amide bonds. The third-order valence-electron chi connectivity index (χ3n) is 4.77. The summed E-state index contributed by atoms with van der Waals surface area (Å²) in [7, 11) is 0. The van der Waals surface area contributed by atoms with Crippen LogP contribution in [0.1, 0.15) is 23.2 Å². The summed E-state index contributed by atoms with van der Waals surface area (Å²) in [5.74, 6) is 0.523. The van der Waals surface area contributed by atoms with Crippen LogP contribution in [-0.2, 0) is 0 Å². The van der Waals surface area contributed by atoms with Crippen molar-refractivity contribution in [3.05, 3.63) is 48.4 Å². The van der Waals surface area contributed by atoms with E-state index in [1.165, 1.54) is 0 Å². The Morgan fingerprint density at radius 1 is 1.16 bits per heavy atom. The van der Waals surface area contributed by atoms with Crippen molar-refractivity contribution in [3.8, 4) is 11.3 Å². The van der Waals surface area contributed by atoms with Gasteiger partial charge in [0.15, 0.2) is 0 Å². The molecule has 0 aromatic carbocycles. The average Bonchev–Trinajstić information content (AvgIpc) is 3.11. The quantitative estimate of drug-likeness (QED) is 0.683. The summed E-state index contributed by atoms with van der Waals surface area (Å²) in [4.78, 5) is 24.3. The van der Waals surface area contributed by atoms with Crippen molar-refractivity contribution in [2.24, 2.45) is 5.92 Å². The molecule has 25 heavy (non-hydrogen) atoms. The number of pyridine rings is 2. The summed E-state index contributed by atoms with van der Waals surface area (Å²) in [6, 6.07) is 7.73. The van der Waals surface area contributed by atoms with E-state index in [0.29, 0.717) is 11.5 Å². The monoisotopic (exact) mass is 335 g/mol. The van der Waals surface area contributed by atoms with E-state index in [9.17, 15) is 4.79 Å². The van der Waals surface area contributed by atoms with E-state index < -0.39 is 0 Å². The molecule has 3 aromatic heterocycles. The maximum absolute atomic E-state index is 12.5. The number of fused-ring (bicyclic) bond motifs is 1. The van der Waals surface area contributed by atoms with Crippen LogP contribution in [0, 0.1) is 5.92 Å². The van der Waals surface area contributed by atoms with E-state index in [4.69, 9.17) is 0 Å². The largest absolute Gasteiger partial charge is 0.352 e. The maximum atomic E-state index is 12.5. The van der Waals surface area contributed by atoms with Crippen molar-refractivity contribution >= 4 is 16.9 Å². The van der Waals surface area contributed by atoms with E-state index in [1.807, 2.05) is 24.3 Å². The minimum absolute atomic E-state index is 0.0387. The number of carbonyl (C=O) groups excluding carboxylic acids is 1. The van der Waals surface area contributed by atoms with Crippen LogP contribution >= 0.6 is 0 Å². The highest BCUT2D eigenvalue weighted by Crippen LogP contribution is 2.22. The lowest BCUT2D eigenvalue weighted by molar-refractivity contribution is 0.0946. The first-order valence-electron chi connectivity index (χ1n) is 8.69. The molecule has 4 rings (SSSR count). The molecule has 3 N–H and O–H groups in total. The lowest BCUT2D eigenvalue weighted by atomic mass is 9.98. The normalized spacial score (nSPS) is 15.4. The summed E-state index contributed by atoms with van der Waals surface area (Å²) in [5, 5.41) is 7.26. The van der Waals surface area contributed by atoms with Crippen LogP contribution in [-0.4, -0.2) is 40.5 Å². The molecule has 128 valence electrons. The molecule has 0 unspecified atom stereocenters. The van der Waals surface area contributed by atoms with E-state index in [0.717, 1.165) is 54.8 Å². The zero-order valence-electron chi connectivity index (χ0n) is 14.0. The van der Waals surface area contributed by atoms with Gasteiger partial charge in [0, 0.05) is 36.1 Å². The number of nitrogens with one attached hydrogen (secondary N) is 3. The Labute approximate surface area is 146 Å². The number of rotatable bonds is 4. The minimum Gasteiger partial charge on any atom is -0.352 e. The Hall–Kier alpha value is -2.73. The lowest BCUT2D eigenvalue weighted by Crippen LogP contribution is -2.35. The highest BCUT2D eigenvalue weighted by atomic mass is 16.1. The molecule has 1 aliphatic heterocycles. The fourth-order valence-electron chi connectivity index (χ4n) is 3.29. The van der Waals surface area contributed by atoms with Gasteiger partial charge in [-0.15, -0.1) is 0 Å². The SMILES string of the molecule is O=C(NCC1CCNCC1)c1c[nH]c2nc(-c3ccncc3)ccc12. The van der Waals surface area contributed by atoms with E-state index >= 15 is 0 Å². The van der Waals surface area contributed by atoms with Gasteiger partial charge in [0.05, 0.1) is 11.3 Å². The standard InChI is InChI=1S/C19H21N5O/c25-19(23-11-13-3-7-20-8-4-13)16-12-22-18-15(16)1-2-17(24-18)14-5-9-21-10-6-14/h1-2,5-6,9-10,12-13,20H,3-4,7-8,11H2,(H,22,24)(H,23,25). The zero-order chi connectivity index (χ0) is 17.1. The second kappa shape index (κ2) is 7.03. The lowest BCUT2D eigenvalue weighted by Gasteiger charge is -2.22. The summed E-state index contributed by atoms with van der Waals surface area (Å²) in [5.41, 5.74) is 3.24. The minimum atomic E-state index is -0.0387.